The number of rotatable bonds is 3. The third-order valence-corrected chi connectivity index (χ3v) is 5.89. The number of anilines is 1. The molecule has 0 radical (unpaired) electrons. The molecule has 0 bridgehead atoms. The van der Waals surface area contributed by atoms with Gasteiger partial charge >= 0.3 is 5.69 Å². The Kier molecular flexibility index (Phi) is 5.81. The van der Waals surface area contributed by atoms with Crippen LogP contribution in [0.25, 0.3) is 11.0 Å². The van der Waals surface area contributed by atoms with Crippen LogP contribution in [0.1, 0.15) is 31.7 Å². The van der Waals surface area contributed by atoms with Crippen LogP contribution in [0.3, 0.4) is 0 Å². The molecule has 0 saturated carbocycles. The fourth-order valence-electron chi connectivity index (χ4n) is 4.31. The predicted octanol–water partition coefficient (Wildman–Crippen LogP) is 0.915. The van der Waals surface area contributed by atoms with Crippen LogP contribution < -0.4 is 21.6 Å². The fourth-order valence-corrected chi connectivity index (χ4v) is 4.31. The van der Waals surface area contributed by atoms with E-state index in [1.54, 1.807) is 11.6 Å². The average Bonchev–Trinajstić information content (AvgIpc) is 2.93. The molecule has 28 heavy (non-hydrogen) atoms. The Morgan fingerprint density at radius 3 is 2.50 bits per heavy atom. The number of fused-ring (bicyclic) bond motifs is 1. The van der Waals surface area contributed by atoms with Gasteiger partial charge in [0.2, 0.25) is 11.8 Å². The number of imidazole rings is 1. The molecular weight excluding hydrogens is 382 g/mol. The summed E-state index contributed by atoms with van der Waals surface area (Å²) in [4.78, 5) is 39.1. The van der Waals surface area contributed by atoms with Gasteiger partial charge in [-0.2, -0.15) is 0 Å². The van der Waals surface area contributed by atoms with E-state index < -0.39 is 11.9 Å². The highest BCUT2D eigenvalue weighted by molar-refractivity contribution is 6.00. The molecule has 3 N–H and O–H groups in total. The minimum absolute atomic E-state index is 0. The van der Waals surface area contributed by atoms with Crippen LogP contribution in [0, 0.1) is 5.92 Å². The number of nitrogens with zero attached hydrogens (tertiary/aromatic N) is 3. The number of aryl methyl sites for hydroxylation is 1. The molecule has 2 fully saturated rings. The minimum Gasteiger partial charge on any atom is -0.370 e. The van der Waals surface area contributed by atoms with Gasteiger partial charge in [0.25, 0.3) is 0 Å². The molecule has 8 nitrogen and oxygen atoms in total. The first-order chi connectivity index (χ1) is 13.0. The molecule has 1 atom stereocenters. The van der Waals surface area contributed by atoms with Crippen LogP contribution in [0.5, 0.6) is 0 Å². The number of nitrogens with one attached hydrogen (secondary N) is 1. The molecule has 2 amide bonds. The molecule has 2 aliphatic rings. The topological polar surface area (TPSA) is 102 Å². The summed E-state index contributed by atoms with van der Waals surface area (Å²) in [7, 11) is 1.74. The highest BCUT2D eigenvalue weighted by Crippen LogP contribution is 2.31. The predicted molar refractivity (Wildman–Crippen MR) is 110 cm³/mol. The van der Waals surface area contributed by atoms with E-state index in [1.807, 2.05) is 18.2 Å². The van der Waals surface area contributed by atoms with Gasteiger partial charge in [0.05, 0.1) is 16.7 Å². The van der Waals surface area contributed by atoms with Crippen molar-refractivity contribution < 1.29 is 9.59 Å². The van der Waals surface area contributed by atoms with E-state index in [4.69, 9.17) is 5.73 Å². The number of hydrogen-bond donors (Lipinski definition) is 2. The monoisotopic (exact) mass is 407 g/mol. The Balaban J connectivity index is 0.00000225. The van der Waals surface area contributed by atoms with Gasteiger partial charge in [0.1, 0.15) is 6.04 Å². The number of carbonyl (C=O) groups excluding carboxylic acids is 2. The van der Waals surface area contributed by atoms with E-state index in [1.165, 1.54) is 4.57 Å². The minimum atomic E-state index is -0.655. The molecule has 2 saturated heterocycles. The Morgan fingerprint density at radius 2 is 1.86 bits per heavy atom. The fraction of sp³-hybridized carbons (Fsp3) is 0.526. The van der Waals surface area contributed by atoms with Crippen LogP contribution in [0.2, 0.25) is 0 Å². The number of hydrogen-bond acceptors (Lipinski definition) is 5. The highest BCUT2D eigenvalue weighted by atomic mass is 35.5. The molecule has 2 aliphatic heterocycles. The lowest BCUT2D eigenvalue weighted by Gasteiger charge is -2.33. The molecular formula is C19H26ClN5O3. The van der Waals surface area contributed by atoms with E-state index in [0.717, 1.165) is 42.7 Å². The van der Waals surface area contributed by atoms with Gasteiger partial charge in [-0.1, -0.05) is 6.07 Å². The van der Waals surface area contributed by atoms with Crippen molar-refractivity contribution in [1.82, 2.24) is 14.5 Å². The van der Waals surface area contributed by atoms with Crippen molar-refractivity contribution in [2.45, 2.75) is 31.7 Å². The highest BCUT2D eigenvalue weighted by Gasteiger charge is 2.32. The number of piperidine rings is 2. The summed E-state index contributed by atoms with van der Waals surface area (Å²) in [5.41, 5.74) is 8.14. The summed E-state index contributed by atoms with van der Waals surface area (Å²) >= 11 is 0. The third kappa shape index (κ3) is 3.31. The van der Waals surface area contributed by atoms with E-state index in [0.29, 0.717) is 18.9 Å². The molecule has 1 aromatic carbocycles. The van der Waals surface area contributed by atoms with Crippen LogP contribution in [-0.4, -0.2) is 40.6 Å². The zero-order valence-corrected chi connectivity index (χ0v) is 16.7. The van der Waals surface area contributed by atoms with E-state index in [2.05, 4.69) is 10.2 Å². The smallest absolute Gasteiger partial charge is 0.329 e. The molecule has 2 aromatic rings. The maximum absolute atomic E-state index is 13.0. The number of benzene rings is 1. The van der Waals surface area contributed by atoms with Crippen LogP contribution in [0.4, 0.5) is 5.69 Å². The Labute approximate surface area is 169 Å². The lowest BCUT2D eigenvalue weighted by atomic mass is 9.96. The van der Waals surface area contributed by atoms with Gasteiger partial charge in [-0.15, -0.1) is 12.4 Å². The normalized spacial score (nSPS) is 20.9. The SMILES string of the molecule is Cl.Cn1c(=O)n(C2CCC(=O)NC2=O)c2cccc(N3CCC(CN)CC3)c21. The maximum atomic E-state index is 13.0. The maximum Gasteiger partial charge on any atom is 0.329 e. The van der Waals surface area contributed by atoms with E-state index >= 15 is 0 Å². The second-order valence-electron chi connectivity index (χ2n) is 7.49. The lowest BCUT2D eigenvalue weighted by Crippen LogP contribution is -2.44. The van der Waals surface area contributed by atoms with Crippen molar-refractivity contribution in [3.05, 3.63) is 28.7 Å². The molecule has 152 valence electrons. The number of imide groups is 1. The molecule has 0 aliphatic carbocycles. The van der Waals surface area contributed by atoms with E-state index in [-0.39, 0.29) is 30.4 Å². The summed E-state index contributed by atoms with van der Waals surface area (Å²) in [5.74, 6) is -0.139. The first-order valence-electron chi connectivity index (χ1n) is 9.50. The van der Waals surface area contributed by atoms with Crippen molar-refractivity contribution >= 4 is 40.9 Å². The van der Waals surface area contributed by atoms with Crippen LogP contribution in [0.15, 0.2) is 23.0 Å². The van der Waals surface area contributed by atoms with Crippen LogP contribution >= 0.6 is 12.4 Å². The van der Waals surface area contributed by atoms with Crippen molar-refractivity contribution in [1.29, 1.82) is 0 Å². The Hall–Kier alpha value is -2.32. The summed E-state index contributed by atoms with van der Waals surface area (Å²) in [6.07, 6.45) is 2.66. The largest absolute Gasteiger partial charge is 0.370 e. The number of amides is 2. The molecule has 3 heterocycles. The van der Waals surface area contributed by atoms with Gasteiger partial charge in [0, 0.05) is 26.6 Å². The van der Waals surface area contributed by atoms with Gasteiger partial charge in [-0.3, -0.25) is 24.0 Å². The molecule has 1 unspecified atom stereocenters. The first-order valence-corrected chi connectivity index (χ1v) is 9.50. The number of nitrogens with two attached hydrogens (primary N) is 1. The number of para-hydroxylation sites is 1. The van der Waals surface area contributed by atoms with E-state index in [9.17, 15) is 14.4 Å². The second-order valence-corrected chi connectivity index (χ2v) is 7.49. The Bertz CT molecular complexity index is 958. The number of aromatic nitrogens is 2. The molecule has 9 heteroatoms. The lowest BCUT2D eigenvalue weighted by molar-refractivity contribution is -0.135. The summed E-state index contributed by atoms with van der Waals surface area (Å²) < 4.78 is 3.15. The zero-order chi connectivity index (χ0) is 19.1. The molecule has 1 aromatic heterocycles. The van der Waals surface area contributed by atoms with Crippen molar-refractivity contribution in [2.24, 2.45) is 18.7 Å². The summed E-state index contributed by atoms with van der Waals surface area (Å²) in [6, 6.07) is 5.17. The Morgan fingerprint density at radius 1 is 1.14 bits per heavy atom. The van der Waals surface area contributed by atoms with Gasteiger partial charge in [0.15, 0.2) is 0 Å². The van der Waals surface area contributed by atoms with Gasteiger partial charge in [-0.25, -0.2) is 4.79 Å². The van der Waals surface area contributed by atoms with Crippen LogP contribution in [-0.2, 0) is 16.6 Å². The zero-order valence-electron chi connectivity index (χ0n) is 15.9. The quantitative estimate of drug-likeness (QED) is 0.736. The van der Waals surface area contributed by atoms with Gasteiger partial charge < -0.3 is 10.6 Å². The van der Waals surface area contributed by atoms with Gasteiger partial charge in [-0.05, 0) is 43.9 Å². The summed E-state index contributed by atoms with van der Waals surface area (Å²) in [5, 5.41) is 2.35. The van der Waals surface area contributed by atoms with Crippen molar-refractivity contribution in [3.8, 4) is 0 Å². The standard InChI is InChI=1S/C19H25N5O3.ClH/c1-22-17-13(23-9-7-12(11-20)8-10-23)3-2-4-14(17)24(19(22)27)15-5-6-16(25)21-18(15)26;/h2-4,12,15H,5-11,20H2,1H3,(H,21,25,26);1H. The molecule has 4 rings (SSSR count). The summed E-state index contributed by atoms with van der Waals surface area (Å²) in [6.45, 7) is 2.51. The van der Waals surface area contributed by atoms with Crippen molar-refractivity contribution in [3.63, 3.8) is 0 Å². The first kappa shape index (κ1) is 20.4. The average molecular weight is 408 g/mol. The second kappa shape index (κ2) is 7.97. The van der Waals surface area contributed by atoms with Crippen molar-refractivity contribution in [2.75, 3.05) is 24.5 Å². The number of halogens is 1. The number of carbonyl (C=O) groups is 2. The molecule has 0 spiro atoms. The third-order valence-electron chi connectivity index (χ3n) is 5.89.